The summed E-state index contributed by atoms with van der Waals surface area (Å²) in [4.78, 5) is 4.40. The molecule has 6 N–H and O–H groups in total. The third-order valence-electron chi connectivity index (χ3n) is 4.68. The first-order chi connectivity index (χ1) is 14.2. The summed E-state index contributed by atoms with van der Waals surface area (Å²) in [5.41, 5.74) is 23.2. The molecule has 29 heavy (non-hydrogen) atoms. The zero-order valence-electron chi connectivity index (χ0n) is 16.2. The maximum atomic E-state index is 6.82. The Morgan fingerprint density at radius 1 is 1.10 bits per heavy atom. The summed E-state index contributed by atoms with van der Waals surface area (Å²) in [5, 5.41) is 0.466. The summed E-state index contributed by atoms with van der Waals surface area (Å²) in [6.07, 6.45) is 7.33. The Bertz CT molecular complexity index is 917. The Kier molecular flexibility index (Phi) is 7.64. The summed E-state index contributed by atoms with van der Waals surface area (Å²) in [6, 6.07) is 19.1. The van der Waals surface area contributed by atoms with Crippen molar-refractivity contribution >= 4 is 23.0 Å². The lowest BCUT2D eigenvalue weighted by Gasteiger charge is -2.21. The smallest absolute Gasteiger partial charge is 0.0751 e. The molecule has 5 nitrogen and oxygen atoms in total. The molecule has 3 rings (SSSR count). The molecule has 0 saturated carbocycles. The first-order valence-electron chi connectivity index (χ1n) is 9.58. The standard InChI is InChI=1S/C23H26ClN5/c24-21(20(15-25)22(26)17-9-3-1-4-10-17)23(18-11-5-2-6-12-18)29-28-16-19-13-7-8-14-27-19/h1-6,8-12,14-15,22,28-29H,7,13,16,25-26H2/b20-15+,23-21+. The lowest BCUT2D eigenvalue weighted by Crippen LogP contribution is -2.36. The van der Waals surface area contributed by atoms with Crippen LogP contribution >= 0.6 is 11.6 Å². The van der Waals surface area contributed by atoms with Crippen molar-refractivity contribution in [3.8, 4) is 0 Å². The van der Waals surface area contributed by atoms with Gasteiger partial charge in [-0.05, 0) is 18.4 Å². The molecule has 1 aliphatic rings. The maximum absolute atomic E-state index is 6.82. The van der Waals surface area contributed by atoms with Gasteiger partial charge in [-0.3, -0.25) is 4.99 Å². The lowest BCUT2D eigenvalue weighted by molar-refractivity contribution is 0.702. The topological polar surface area (TPSA) is 88.5 Å². The van der Waals surface area contributed by atoms with Gasteiger partial charge in [0, 0.05) is 29.2 Å². The minimum Gasteiger partial charge on any atom is -0.404 e. The Hall–Kier alpha value is -2.86. The van der Waals surface area contributed by atoms with Crippen LogP contribution in [0, 0.1) is 0 Å². The molecule has 2 aromatic carbocycles. The molecular weight excluding hydrogens is 382 g/mol. The molecule has 1 heterocycles. The van der Waals surface area contributed by atoms with Crippen molar-refractivity contribution in [1.82, 2.24) is 10.9 Å². The van der Waals surface area contributed by atoms with Gasteiger partial charge >= 0.3 is 0 Å². The summed E-state index contributed by atoms with van der Waals surface area (Å²) in [5.74, 6) is 0. The van der Waals surface area contributed by atoms with Crippen LogP contribution in [-0.2, 0) is 0 Å². The van der Waals surface area contributed by atoms with Gasteiger partial charge in [-0.1, -0.05) is 78.3 Å². The second-order valence-corrected chi connectivity index (χ2v) is 7.04. The van der Waals surface area contributed by atoms with E-state index in [1.807, 2.05) is 66.9 Å². The second-order valence-electron chi connectivity index (χ2n) is 6.66. The van der Waals surface area contributed by atoms with E-state index in [-0.39, 0.29) is 0 Å². The number of allylic oxidation sites excluding steroid dienone is 1. The molecule has 150 valence electrons. The minimum absolute atomic E-state index is 0.443. The van der Waals surface area contributed by atoms with Crippen LogP contribution < -0.4 is 22.3 Å². The van der Waals surface area contributed by atoms with Gasteiger partial charge in [0.15, 0.2) is 0 Å². The molecule has 1 atom stereocenters. The molecule has 1 unspecified atom stereocenters. The monoisotopic (exact) mass is 407 g/mol. The highest BCUT2D eigenvalue weighted by Crippen LogP contribution is 2.31. The molecule has 0 aliphatic carbocycles. The van der Waals surface area contributed by atoms with Gasteiger partial charge < -0.3 is 16.9 Å². The van der Waals surface area contributed by atoms with Crippen molar-refractivity contribution in [1.29, 1.82) is 0 Å². The molecule has 6 heteroatoms. The van der Waals surface area contributed by atoms with Crippen molar-refractivity contribution in [3.05, 3.63) is 101 Å². The van der Waals surface area contributed by atoms with E-state index >= 15 is 0 Å². The maximum Gasteiger partial charge on any atom is 0.0751 e. The predicted octanol–water partition coefficient (Wildman–Crippen LogP) is 3.98. The molecular formula is C23H26ClN5. The highest BCUT2D eigenvalue weighted by Gasteiger charge is 2.19. The number of rotatable bonds is 8. The minimum atomic E-state index is -0.443. The van der Waals surface area contributed by atoms with E-state index in [1.165, 1.54) is 6.20 Å². The van der Waals surface area contributed by atoms with Crippen molar-refractivity contribution < 1.29 is 0 Å². The summed E-state index contributed by atoms with van der Waals surface area (Å²) >= 11 is 6.82. The molecule has 0 fully saturated rings. The van der Waals surface area contributed by atoms with Crippen molar-refractivity contribution in [3.63, 3.8) is 0 Å². The second kappa shape index (κ2) is 10.6. The van der Waals surface area contributed by atoms with Gasteiger partial charge in [0.05, 0.1) is 23.3 Å². The van der Waals surface area contributed by atoms with Gasteiger partial charge in [-0.2, -0.15) is 0 Å². The molecule has 1 aliphatic heterocycles. The third-order valence-corrected chi connectivity index (χ3v) is 5.08. The highest BCUT2D eigenvalue weighted by atomic mass is 35.5. The van der Waals surface area contributed by atoms with E-state index in [9.17, 15) is 0 Å². The fraction of sp³-hybridized carbons (Fsp3) is 0.174. The van der Waals surface area contributed by atoms with Crippen LogP contribution in [0.25, 0.3) is 5.70 Å². The van der Waals surface area contributed by atoms with Gasteiger partial charge in [-0.15, -0.1) is 0 Å². The SMILES string of the molecule is N/C=C(\C(Cl)=C(/NNCC1=NC=CCC1)c1ccccc1)C(N)c1ccccc1. The molecule has 0 spiro atoms. The molecule has 0 radical (unpaired) electrons. The van der Waals surface area contributed by atoms with Crippen molar-refractivity contribution in [2.45, 2.75) is 18.9 Å². The average molecular weight is 408 g/mol. The van der Waals surface area contributed by atoms with Crippen LogP contribution in [-0.4, -0.2) is 12.3 Å². The predicted molar refractivity (Wildman–Crippen MR) is 122 cm³/mol. The number of halogens is 1. The fourth-order valence-electron chi connectivity index (χ4n) is 3.07. The summed E-state index contributed by atoms with van der Waals surface area (Å²) < 4.78 is 0. The van der Waals surface area contributed by atoms with E-state index in [1.54, 1.807) is 0 Å². The van der Waals surface area contributed by atoms with Gasteiger partial charge in [0.25, 0.3) is 0 Å². The molecule has 0 saturated heterocycles. The van der Waals surface area contributed by atoms with Gasteiger partial charge in [0.1, 0.15) is 0 Å². The van der Waals surface area contributed by atoms with Gasteiger partial charge in [0.2, 0.25) is 0 Å². The number of nitrogens with one attached hydrogen (secondary N) is 2. The van der Waals surface area contributed by atoms with E-state index in [0.29, 0.717) is 22.8 Å². The largest absolute Gasteiger partial charge is 0.404 e. The van der Waals surface area contributed by atoms with Crippen molar-refractivity contribution in [2.75, 3.05) is 6.54 Å². The first kappa shape index (κ1) is 20.9. The first-order valence-corrected chi connectivity index (χ1v) is 9.96. The number of hydrogen-bond donors (Lipinski definition) is 4. The van der Waals surface area contributed by atoms with Crippen LogP contribution in [0.3, 0.4) is 0 Å². The van der Waals surface area contributed by atoms with E-state index in [2.05, 4.69) is 21.9 Å². The van der Waals surface area contributed by atoms with Crippen molar-refractivity contribution in [2.24, 2.45) is 16.5 Å². The Labute approximate surface area is 176 Å². The van der Waals surface area contributed by atoms with E-state index < -0.39 is 6.04 Å². The van der Waals surface area contributed by atoms with Crippen LogP contribution in [0.2, 0.25) is 0 Å². The fourth-order valence-corrected chi connectivity index (χ4v) is 3.41. The zero-order valence-corrected chi connectivity index (χ0v) is 16.9. The summed E-state index contributed by atoms with van der Waals surface area (Å²) in [6.45, 7) is 0.608. The van der Waals surface area contributed by atoms with Crippen LogP contribution in [0.1, 0.15) is 30.0 Å². The average Bonchev–Trinajstić information content (AvgIpc) is 2.79. The van der Waals surface area contributed by atoms with Crippen LogP contribution in [0.15, 0.2) is 94.7 Å². The van der Waals surface area contributed by atoms with E-state index in [0.717, 1.165) is 29.7 Å². The third kappa shape index (κ3) is 5.57. The number of nitrogens with two attached hydrogens (primary N) is 2. The van der Waals surface area contributed by atoms with E-state index in [4.69, 9.17) is 23.1 Å². The lowest BCUT2D eigenvalue weighted by atomic mass is 9.98. The molecule has 0 aromatic heterocycles. The highest BCUT2D eigenvalue weighted by molar-refractivity contribution is 6.35. The zero-order chi connectivity index (χ0) is 20.5. The molecule has 2 aromatic rings. The Morgan fingerprint density at radius 3 is 2.41 bits per heavy atom. The molecule has 0 amide bonds. The Balaban J connectivity index is 1.87. The van der Waals surface area contributed by atoms with Gasteiger partial charge in [-0.25, -0.2) is 5.43 Å². The number of hydrogen-bond acceptors (Lipinski definition) is 5. The number of nitrogens with zero attached hydrogens (tertiary/aromatic N) is 1. The molecule has 0 bridgehead atoms. The quantitative estimate of drug-likeness (QED) is 0.393. The number of benzene rings is 2. The summed E-state index contributed by atoms with van der Waals surface area (Å²) in [7, 11) is 0. The van der Waals surface area contributed by atoms with Crippen LogP contribution in [0.5, 0.6) is 0 Å². The van der Waals surface area contributed by atoms with Crippen LogP contribution in [0.4, 0.5) is 0 Å². The number of hydrazine groups is 1. The normalized spacial score (nSPS) is 16.1. The Morgan fingerprint density at radius 2 is 1.79 bits per heavy atom. The number of aliphatic imine (C=N–C) groups is 1.